The molecule has 5 heteroatoms. The highest BCUT2D eigenvalue weighted by atomic mass is 32.2. The summed E-state index contributed by atoms with van der Waals surface area (Å²) in [7, 11) is 0. The van der Waals surface area contributed by atoms with Crippen LogP contribution in [0, 0.1) is 11.8 Å². The molecule has 4 nitrogen and oxygen atoms in total. The van der Waals surface area contributed by atoms with E-state index in [0.717, 1.165) is 38.1 Å². The van der Waals surface area contributed by atoms with Crippen LogP contribution in [0.1, 0.15) is 32.6 Å². The fourth-order valence-electron chi connectivity index (χ4n) is 2.98. The summed E-state index contributed by atoms with van der Waals surface area (Å²) in [6, 6.07) is 0. The maximum Gasteiger partial charge on any atom is 0.307 e. The van der Waals surface area contributed by atoms with Gasteiger partial charge >= 0.3 is 5.97 Å². The summed E-state index contributed by atoms with van der Waals surface area (Å²) < 4.78 is 0. The van der Waals surface area contributed by atoms with Crippen molar-refractivity contribution < 1.29 is 14.7 Å². The summed E-state index contributed by atoms with van der Waals surface area (Å²) in [6.07, 6.45) is 3.32. The van der Waals surface area contributed by atoms with E-state index in [9.17, 15) is 14.7 Å². The summed E-state index contributed by atoms with van der Waals surface area (Å²) in [6.45, 7) is 3.67. The van der Waals surface area contributed by atoms with Crippen molar-refractivity contribution in [3.8, 4) is 0 Å². The fraction of sp³-hybridized carbons (Fsp3) is 0.846. The molecule has 0 aromatic carbocycles. The molecule has 1 saturated carbocycles. The molecule has 1 N–H and O–H groups in total. The van der Waals surface area contributed by atoms with Crippen LogP contribution in [-0.4, -0.2) is 46.0 Å². The van der Waals surface area contributed by atoms with E-state index in [2.05, 4.69) is 6.92 Å². The van der Waals surface area contributed by atoms with E-state index in [4.69, 9.17) is 0 Å². The molecular weight excluding hydrogens is 250 g/mol. The molecule has 0 bridgehead atoms. The van der Waals surface area contributed by atoms with Crippen molar-refractivity contribution >= 4 is 23.6 Å². The zero-order valence-electron chi connectivity index (χ0n) is 10.8. The number of carbonyl (C=O) groups is 2. The Morgan fingerprint density at radius 1 is 1.22 bits per heavy atom. The Balaban J connectivity index is 2.03. The largest absolute Gasteiger partial charge is 0.481 e. The first kappa shape index (κ1) is 13.7. The van der Waals surface area contributed by atoms with Crippen molar-refractivity contribution in [2.24, 2.45) is 11.8 Å². The number of hydrogen-bond donors (Lipinski definition) is 1. The molecule has 102 valence electrons. The number of carboxylic acid groups (broad SMARTS) is 1. The molecule has 1 aliphatic heterocycles. The van der Waals surface area contributed by atoms with Crippen LogP contribution in [-0.2, 0) is 9.59 Å². The highest BCUT2D eigenvalue weighted by molar-refractivity contribution is 7.99. The zero-order valence-corrected chi connectivity index (χ0v) is 11.6. The lowest BCUT2D eigenvalue weighted by molar-refractivity contribution is -0.152. The number of hydrogen-bond acceptors (Lipinski definition) is 3. The van der Waals surface area contributed by atoms with E-state index in [-0.39, 0.29) is 11.8 Å². The molecule has 0 aromatic heterocycles. The van der Waals surface area contributed by atoms with Crippen LogP contribution < -0.4 is 0 Å². The van der Waals surface area contributed by atoms with Gasteiger partial charge in [0.05, 0.1) is 11.8 Å². The Morgan fingerprint density at radius 3 is 2.50 bits per heavy atom. The second kappa shape index (κ2) is 5.95. The number of carboxylic acids is 1. The Labute approximate surface area is 112 Å². The second-order valence-electron chi connectivity index (χ2n) is 5.30. The molecule has 18 heavy (non-hydrogen) atoms. The predicted octanol–water partition coefficient (Wildman–Crippen LogP) is 1.84. The van der Waals surface area contributed by atoms with E-state index in [1.165, 1.54) is 0 Å². The van der Waals surface area contributed by atoms with Gasteiger partial charge in [0.2, 0.25) is 5.91 Å². The fourth-order valence-corrected chi connectivity index (χ4v) is 3.99. The Morgan fingerprint density at radius 2 is 1.89 bits per heavy atom. The smallest absolute Gasteiger partial charge is 0.307 e. The molecule has 2 aliphatic rings. The highest BCUT2D eigenvalue weighted by Crippen LogP contribution is 2.32. The standard InChI is InChI=1S/C13H21NO3S/c1-9-8-14(6-7-18-9)12(15)10-4-2-3-5-11(10)13(16)17/h9-11H,2-8H2,1H3,(H,16,17)/t9?,10-,11+/m1/s1. The summed E-state index contributed by atoms with van der Waals surface area (Å²) >= 11 is 1.88. The second-order valence-corrected chi connectivity index (χ2v) is 6.85. The molecule has 2 rings (SSSR count). The van der Waals surface area contributed by atoms with Crippen LogP contribution in [0.15, 0.2) is 0 Å². The Hall–Kier alpha value is -0.710. The molecule has 1 aliphatic carbocycles. The normalized spacial score (nSPS) is 33.2. The van der Waals surface area contributed by atoms with Gasteiger partial charge in [-0.2, -0.15) is 11.8 Å². The third-order valence-corrected chi connectivity index (χ3v) is 5.09. The monoisotopic (exact) mass is 271 g/mol. The quantitative estimate of drug-likeness (QED) is 0.832. The lowest BCUT2D eigenvalue weighted by Gasteiger charge is -2.36. The van der Waals surface area contributed by atoms with Crippen molar-refractivity contribution in [2.45, 2.75) is 37.9 Å². The maximum atomic E-state index is 12.5. The van der Waals surface area contributed by atoms with Gasteiger partial charge in [-0.1, -0.05) is 19.8 Å². The van der Waals surface area contributed by atoms with Crippen molar-refractivity contribution in [3.63, 3.8) is 0 Å². The van der Waals surface area contributed by atoms with Gasteiger partial charge < -0.3 is 10.0 Å². The third-order valence-electron chi connectivity index (χ3n) is 3.95. The van der Waals surface area contributed by atoms with Crippen molar-refractivity contribution in [1.82, 2.24) is 4.90 Å². The number of thioether (sulfide) groups is 1. The number of aliphatic carboxylic acids is 1. The van der Waals surface area contributed by atoms with Crippen molar-refractivity contribution in [3.05, 3.63) is 0 Å². The Bertz CT molecular complexity index is 334. The van der Waals surface area contributed by atoms with Gasteiger partial charge in [-0.25, -0.2) is 0 Å². The average molecular weight is 271 g/mol. The molecule has 1 amide bonds. The zero-order chi connectivity index (χ0) is 13.1. The first-order valence-electron chi connectivity index (χ1n) is 6.73. The minimum Gasteiger partial charge on any atom is -0.481 e. The summed E-state index contributed by atoms with van der Waals surface area (Å²) in [5, 5.41) is 9.70. The van der Waals surface area contributed by atoms with E-state index in [0.29, 0.717) is 11.7 Å². The molecule has 2 fully saturated rings. The first-order chi connectivity index (χ1) is 8.59. The number of amides is 1. The lowest BCUT2D eigenvalue weighted by Crippen LogP contribution is -2.47. The molecule has 0 aromatic rings. The van der Waals surface area contributed by atoms with Crippen LogP contribution in [0.4, 0.5) is 0 Å². The Kier molecular flexibility index (Phi) is 4.54. The average Bonchev–Trinajstić information content (AvgIpc) is 2.38. The lowest BCUT2D eigenvalue weighted by atomic mass is 9.78. The highest BCUT2D eigenvalue weighted by Gasteiger charge is 2.38. The van der Waals surface area contributed by atoms with Gasteiger partial charge in [-0.05, 0) is 12.8 Å². The van der Waals surface area contributed by atoms with Gasteiger partial charge in [-0.15, -0.1) is 0 Å². The van der Waals surface area contributed by atoms with E-state index in [1.807, 2.05) is 16.7 Å². The van der Waals surface area contributed by atoms with E-state index >= 15 is 0 Å². The minimum absolute atomic E-state index is 0.0780. The molecule has 1 heterocycles. The van der Waals surface area contributed by atoms with Gasteiger partial charge in [0.15, 0.2) is 0 Å². The molecule has 1 saturated heterocycles. The summed E-state index contributed by atoms with van der Waals surface area (Å²) in [4.78, 5) is 25.6. The SMILES string of the molecule is CC1CN(C(=O)[C@@H]2CCCC[C@@H]2C(=O)O)CCS1. The van der Waals surface area contributed by atoms with Gasteiger partial charge in [0.1, 0.15) is 0 Å². The van der Waals surface area contributed by atoms with Gasteiger partial charge in [0.25, 0.3) is 0 Å². The van der Waals surface area contributed by atoms with Crippen LogP contribution in [0.3, 0.4) is 0 Å². The van der Waals surface area contributed by atoms with Gasteiger partial charge in [0, 0.05) is 24.1 Å². The summed E-state index contributed by atoms with van der Waals surface area (Å²) in [5.41, 5.74) is 0. The maximum absolute atomic E-state index is 12.5. The molecule has 1 unspecified atom stereocenters. The van der Waals surface area contributed by atoms with Crippen LogP contribution >= 0.6 is 11.8 Å². The molecule has 0 spiro atoms. The van der Waals surface area contributed by atoms with Crippen LogP contribution in [0.5, 0.6) is 0 Å². The van der Waals surface area contributed by atoms with Crippen LogP contribution in [0.25, 0.3) is 0 Å². The first-order valence-corrected chi connectivity index (χ1v) is 7.77. The summed E-state index contributed by atoms with van der Waals surface area (Å²) in [5.74, 6) is -0.499. The van der Waals surface area contributed by atoms with Crippen LogP contribution in [0.2, 0.25) is 0 Å². The molecule has 0 radical (unpaired) electrons. The number of carbonyl (C=O) groups excluding carboxylic acids is 1. The van der Waals surface area contributed by atoms with E-state index in [1.54, 1.807) is 0 Å². The third kappa shape index (κ3) is 2.99. The van der Waals surface area contributed by atoms with E-state index < -0.39 is 11.9 Å². The van der Waals surface area contributed by atoms with Crippen molar-refractivity contribution in [1.29, 1.82) is 0 Å². The molecular formula is C13H21NO3S. The number of nitrogens with zero attached hydrogens (tertiary/aromatic N) is 1. The molecule has 3 atom stereocenters. The number of rotatable bonds is 2. The van der Waals surface area contributed by atoms with Crippen molar-refractivity contribution in [2.75, 3.05) is 18.8 Å². The minimum atomic E-state index is -0.799. The topological polar surface area (TPSA) is 57.6 Å². The van der Waals surface area contributed by atoms with Gasteiger partial charge in [-0.3, -0.25) is 9.59 Å². The predicted molar refractivity (Wildman–Crippen MR) is 71.6 cm³/mol.